The van der Waals surface area contributed by atoms with Gasteiger partial charge >= 0.3 is 0 Å². The first kappa shape index (κ1) is 16.8. The monoisotopic (exact) mass is 294 g/mol. The Morgan fingerprint density at radius 1 is 1.00 bits per heavy atom. The Labute approximate surface area is 130 Å². The van der Waals surface area contributed by atoms with Crippen LogP contribution in [0.15, 0.2) is 0 Å². The molecule has 2 aliphatic rings. The molecule has 1 N–H and O–H groups in total. The van der Waals surface area contributed by atoms with Gasteiger partial charge in [-0.1, -0.05) is 25.7 Å². The zero-order valence-corrected chi connectivity index (χ0v) is 14.1. The molecule has 1 heterocycles. The maximum absolute atomic E-state index is 12.0. The molecule has 0 aromatic carbocycles. The molecule has 1 saturated heterocycles. The summed E-state index contributed by atoms with van der Waals surface area (Å²) in [6.45, 7) is 6.67. The van der Waals surface area contributed by atoms with Crippen LogP contribution in [0.2, 0.25) is 0 Å². The number of hydrogen-bond donors (Lipinski definition) is 1. The number of nitrogens with zero attached hydrogens (tertiary/aromatic N) is 1. The predicted molar refractivity (Wildman–Crippen MR) is 88.3 cm³/mol. The number of hydrogen-bond acceptors (Lipinski definition) is 2. The van der Waals surface area contributed by atoms with Crippen molar-refractivity contribution in [1.82, 2.24) is 10.2 Å². The summed E-state index contributed by atoms with van der Waals surface area (Å²) in [4.78, 5) is 14.6. The van der Waals surface area contributed by atoms with E-state index in [0.717, 1.165) is 25.9 Å². The first-order valence-corrected chi connectivity index (χ1v) is 9.19. The van der Waals surface area contributed by atoms with Gasteiger partial charge in [0.25, 0.3) is 0 Å². The Morgan fingerprint density at radius 2 is 1.67 bits per heavy atom. The maximum atomic E-state index is 12.0. The molecule has 1 aliphatic carbocycles. The number of rotatable bonds is 6. The molecule has 0 spiro atoms. The van der Waals surface area contributed by atoms with Crippen LogP contribution in [-0.2, 0) is 4.79 Å². The molecule has 1 saturated carbocycles. The summed E-state index contributed by atoms with van der Waals surface area (Å²) >= 11 is 0. The standard InChI is InChI=1S/C18H34N2O/c1-15-8-6-9-16(2)20(15)13-7-12-19-18(21)14-17-10-4-3-5-11-17/h15-17H,3-14H2,1-2H3,(H,19,21). The average Bonchev–Trinajstić information content (AvgIpc) is 2.47. The highest BCUT2D eigenvalue weighted by Gasteiger charge is 2.23. The fourth-order valence-corrected chi connectivity index (χ4v) is 4.13. The third kappa shape index (κ3) is 5.61. The highest BCUT2D eigenvalue weighted by atomic mass is 16.1. The van der Waals surface area contributed by atoms with E-state index < -0.39 is 0 Å². The number of amides is 1. The zero-order valence-electron chi connectivity index (χ0n) is 14.1. The molecule has 3 nitrogen and oxygen atoms in total. The first-order chi connectivity index (χ1) is 10.2. The van der Waals surface area contributed by atoms with E-state index in [1.807, 2.05) is 0 Å². The molecule has 0 radical (unpaired) electrons. The van der Waals surface area contributed by atoms with Crippen LogP contribution in [-0.4, -0.2) is 36.0 Å². The van der Waals surface area contributed by atoms with Gasteiger partial charge in [-0.05, 0) is 51.9 Å². The molecule has 1 aliphatic heterocycles. The number of likely N-dealkylation sites (tertiary alicyclic amines) is 1. The minimum Gasteiger partial charge on any atom is -0.356 e. The van der Waals surface area contributed by atoms with Crippen LogP contribution >= 0.6 is 0 Å². The highest BCUT2D eigenvalue weighted by molar-refractivity contribution is 5.76. The predicted octanol–water partition coefficient (Wildman–Crippen LogP) is 3.73. The minimum absolute atomic E-state index is 0.279. The van der Waals surface area contributed by atoms with Gasteiger partial charge in [-0.3, -0.25) is 9.69 Å². The molecule has 0 bridgehead atoms. The van der Waals surface area contributed by atoms with Crippen molar-refractivity contribution in [2.24, 2.45) is 5.92 Å². The Balaban J connectivity index is 1.57. The number of carbonyl (C=O) groups is 1. The third-order valence-electron chi connectivity index (χ3n) is 5.49. The third-order valence-corrected chi connectivity index (χ3v) is 5.49. The molecule has 2 rings (SSSR count). The molecule has 21 heavy (non-hydrogen) atoms. The van der Waals surface area contributed by atoms with Gasteiger partial charge in [0.05, 0.1) is 0 Å². The van der Waals surface area contributed by atoms with Crippen LogP contribution in [0, 0.1) is 5.92 Å². The van der Waals surface area contributed by atoms with Gasteiger partial charge in [-0.15, -0.1) is 0 Å². The van der Waals surface area contributed by atoms with Gasteiger partial charge in [-0.25, -0.2) is 0 Å². The highest BCUT2D eigenvalue weighted by Crippen LogP contribution is 2.26. The van der Waals surface area contributed by atoms with Crippen LogP contribution in [0.25, 0.3) is 0 Å². The largest absolute Gasteiger partial charge is 0.356 e. The van der Waals surface area contributed by atoms with E-state index in [4.69, 9.17) is 0 Å². The second kappa shape index (κ2) is 8.77. The molecular weight excluding hydrogens is 260 g/mol. The van der Waals surface area contributed by atoms with Crippen LogP contribution in [0.5, 0.6) is 0 Å². The summed E-state index contributed by atoms with van der Waals surface area (Å²) in [5, 5.41) is 3.13. The van der Waals surface area contributed by atoms with E-state index in [0.29, 0.717) is 18.0 Å². The van der Waals surface area contributed by atoms with Crippen LogP contribution in [0.3, 0.4) is 0 Å². The lowest BCUT2D eigenvalue weighted by molar-refractivity contribution is -0.122. The normalized spacial score (nSPS) is 28.5. The van der Waals surface area contributed by atoms with Crippen molar-refractivity contribution in [3.63, 3.8) is 0 Å². The second-order valence-corrected chi connectivity index (χ2v) is 7.28. The van der Waals surface area contributed by atoms with Gasteiger partial charge in [0.2, 0.25) is 5.91 Å². The Morgan fingerprint density at radius 3 is 2.33 bits per heavy atom. The summed E-state index contributed by atoms with van der Waals surface area (Å²) in [5.74, 6) is 0.933. The van der Waals surface area contributed by atoms with E-state index >= 15 is 0 Å². The van der Waals surface area contributed by atoms with Crippen molar-refractivity contribution < 1.29 is 4.79 Å². The fraction of sp³-hybridized carbons (Fsp3) is 0.944. The van der Waals surface area contributed by atoms with E-state index in [2.05, 4.69) is 24.1 Å². The maximum Gasteiger partial charge on any atom is 0.220 e. The topological polar surface area (TPSA) is 32.3 Å². The average molecular weight is 294 g/mol. The quantitative estimate of drug-likeness (QED) is 0.757. The zero-order chi connectivity index (χ0) is 15.1. The van der Waals surface area contributed by atoms with Crippen LogP contribution in [0.1, 0.15) is 78.1 Å². The van der Waals surface area contributed by atoms with Crippen LogP contribution in [0.4, 0.5) is 0 Å². The van der Waals surface area contributed by atoms with E-state index in [1.54, 1.807) is 0 Å². The lowest BCUT2D eigenvalue weighted by Gasteiger charge is -2.39. The molecule has 1 amide bonds. The molecule has 0 aromatic rings. The lowest BCUT2D eigenvalue weighted by Crippen LogP contribution is -2.44. The van der Waals surface area contributed by atoms with Gasteiger partial charge in [0, 0.05) is 31.6 Å². The number of carbonyl (C=O) groups excluding carboxylic acids is 1. The van der Waals surface area contributed by atoms with Crippen molar-refractivity contribution >= 4 is 5.91 Å². The van der Waals surface area contributed by atoms with Gasteiger partial charge in [0.1, 0.15) is 0 Å². The number of piperidine rings is 1. The van der Waals surface area contributed by atoms with Crippen molar-refractivity contribution in [2.75, 3.05) is 13.1 Å². The van der Waals surface area contributed by atoms with Gasteiger partial charge in [-0.2, -0.15) is 0 Å². The molecule has 2 unspecified atom stereocenters. The van der Waals surface area contributed by atoms with Crippen LogP contribution < -0.4 is 5.32 Å². The van der Waals surface area contributed by atoms with E-state index in [9.17, 15) is 4.79 Å². The van der Waals surface area contributed by atoms with Crippen molar-refractivity contribution in [2.45, 2.75) is 90.1 Å². The molecule has 0 aromatic heterocycles. The van der Waals surface area contributed by atoms with Gasteiger partial charge < -0.3 is 5.32 Å². The number of nitrogens with one attached hydrogen (secondary N) is 1. The molecule has 3 heteroatoms. The van der Waals surface area contributed by atoms with Gasteiger partial charge in [0.15, 0.2) is 0 Å². The molecule has 2 atom stereocenters. The Bertz CT molecular complexity index is 302. The SMILES string of the molecule is CC1CCCC(C)N1CCCNC(=O)CC1CCCCC1. The summed E-state index contributed by atoms with van der Waals surface area (Å²) in [6.07, 6.45) is 12.4. The second-order valence-electron chi connectivity index (χ2n) is 7.28. The van der Waals surface area contributed by atoms with Crippen molar-refractivity contribution in [3.05, 3.63) is 0 Å². The minimum atomic E-state index is 0.279. The Hall–Kier alpha value is -0.570. The lowest BCUT2D eigenvalue weighted by atomic mass is 9.87. The summed E-state index contributed by atoms with van der Waals surface area (Å²) in [6, 6.07) is 1.43. The van der Waals surface area contributed by atoms with E-state index in [-0.39, 0.29) is 5.91 Å². The van der Waals surface area contributed by atoms with Crippen molar-refractivity contribution in [1.29, 1.82) is 0 Å². The summed E-state index contributed by atoms with van der Waals surface area (Å²) in [7, 11) is 0. The summed E-state index contributed by atoms with van der Waals surface area (Å²) in [5.41, 5.74) is 0. The molecule has 2 fully saturated rings. The first-order valence-electron chi connectivity index (χ1n) is 9.19. The Kier molecular flexibility index (Phi) is 7.01. The molecular formula is C18H34N2O. The molecule has 122 valence electrons. The smallest absolute Gasteiger partial charge is 0.220 e. The fourth-order valence-electron chi connectivity index (χ4n) is 4.13. The summed E-state index contributed by atoms with van der Waals surface area (Å²) < 4.78 is 0. The van der Waals surface area contributed by atoms with E-state index in [1.165, 1.54) is 51.4 Å². The van der Waals surface area contributed by atoms with Crippen molar-refractivity contribution in [3.8, 4) is 0 Å².